The topological polar surface area (TPSA) is 29.5 Å². The summed E-state index contributed by atoms with van der Waals surface area (Å²) in [6, 6.07) is 5.09. The fourth-order valence-electron chi connectivity index (χ4n) is 2.05. The molecular formula is C16H11F7O2. The molecule has 2 aromatic rings. The minimum atomic E-state index is -4.75. The zero-order chi connectivity index (χ0) is 18.8. The number of alkyl halides is 6. The van der Waals surface area contributed by atoms with E-state index in [2.05, 4.69) is 0 Å². The van der Waals surface area contributed by atoms with Gasteiger partial charge in [-0.2, -0.15) is 26.3 Å². The van der Waals surface area contributed by atoms with Crippen molar-refractivity contribution in [3.63, 3.8) is 0 Å². The van der Waals surface area contributed by atoms with Gasteiger partial charge in [-0.1, -0.05) is 12.1 Å². The summed E-state index contributed by atoms with van der Waals surface area (Å²) in [6.45, 7) is -0.864. The van der Waals surface area contributed by atoms with Gasteiger partial charge in [0, 0.05) is 0 Å². The van der Waals surface area contributed by atoms with Crippen LogP contribution in [0.15, 0.2) is 42.5 Å². The van der Waals surface area contributed by atoms with Crippen molar-refractivity contribution < 1.29 is 40.6 Å². The molecular weight excluding hydrogens is 357 g/mol. The summed E-state index contributed by atoms with van der Waals surface area (Å²) < 4.78 is 94.9. The van der Waals surface area contributed by atoms with Crippen molar-refractivity contribution >= 4 is 0 Å². The molecule has 0 aromatic heterocycles. The van der Waals surface area contributed by atoms with Crippen LogP contribution >= 0.6 is 0 Å². The van der Waals surface area contributed by atoms with E-state index < -0.39 is 47.8 Å². The van der Waals surface area contributed by atoms with Gasteiger partial charge in [0.1, 0.15) is 6.10 Å². The van der Waals surface area contributed by atoms with Crippen LogP contribution in [0, 0.1) is 5.82 Å². The molecule has 0 aliphatic carbocycles. The number of aliphatic hydroxyl groups excluding tert-OH is 1. The van der Waals surface area contributed by atoms with Crippen LogP contribution in [-0.4, -0.2) is 11.7 Å². The maximum absolute atomic E-state index is 13.7. The highest BCUT2D eigenvalue weighted by molar-refractivity contribution is 5.34. The monoisotopic (exact) mass is 368 g/mol. The van der Waals surface area contributed by atoms with Crippen molar-refractivity contribution in [1.29, 1.82) is 0 Å². The molecule has 0 saturated carbocycles. The van der Waals surface area contributed by atoms with E-state index >= 15 is 0 Å². The van der Waals surface area contributed by atoms with Crippen LogP contribution in [0.25, 0.3) is 0 Å². The van der Waals surface area contributed by atoms with Crippen molar-refractivity contribution in [3.05, 3.63) is 65.0 Å². The average molecular weight is 368 g/mol. The number of hydrogen-bond acceptors (Lipinski definition) is 2. The molecule has 136 valence electrons. The Morgan fingerprint density at radius 1 is 0.880 bits per heavy atom. The third kappa shape index (κ3) is 4.62. The summed E-state index contributed by atoms with van der Waals surface area (Å²) in [5.74, 6) is -1.97. The van der Waals surface area contributed by atoms with E-state index in [1.54, 1.807) is 0 Å². The first-order valence-corrected chi connectivity index (χ1v) is 6.84. The van der Waals surface area contributed by atoms with Gasteiger partial charge in [-0.25, -0.2) is 4.39 Å². The Morgan fingerprint density at radius 3 is 2.04 bits per heavy atom. The van der Waals surface area contributed by atoms with Gasteiger partial charge in [0.2, 0.25) is 0 Å². The molecule has 0 aliphatic heterocycles. The molecule has 0 amide bonds. The normalized spacial score (nSPS) is 13.6. The second-order valence-electron chi connectivity index (χ2n) is 5.06. The lowest BCUT2D eigenvalue weighted by atomic mass is 10.1. The van der Waals surface area contributed by atoms with Crippen LogP contribution in [0.5, 0.6) is 5.75 Å². The molecule has 0 aliphatic rings. The average Bonchev–Trinajstić information content (AvgIpc) is 2.52. The molecule has 1 unspecified atom stereocenters. The van der Waals surface area contributed by atoms with Gasteiger partial charge in [-0.3, -0.25) is 0 Å². The lowest BCUT2D eigenvalue weighted by Gasteiger charge is -2.20. The molecule has 0 radical (unpaired) electrons. The van der Waals surface area contributed by atoms with E-state index in [0.29, 0.717) is 24.3 Å². The molecule has 0 saturated heterocycles. The Kier molecular flexibility index (Phi) is 5.26. The number of rotatable bonds is 4. The molecule has 1 atom stereocenters. The number of benzene rings is 2. The highest BCUT2D eigenvalue weighted by Gasteiger charge is 2.33. The number of halogens is 7. The predicted molar refractivity (Wildman–Crippen MR) is 73.3 cm³/mol. The van der Waals surface area contributed by atoms with Crippen LogP contribution in [0.2, 0.25) is 0 Å². The van der Waals surface area contributed by atoms with Gasteiger partial charge in [-0.05, 0) is 35.9 Å². The van der Waals surface area contributed by atoms with Crippen LogP contribution in [-0.2, 0) is 12.4 Å². The molecule has 2 nitrogen and oxygen atoms in total. The van der Waals surface area contributed by atoms with Crippen LogP contribution in [0.4, 0.5) is 30.7 Å². The summed E-state index contributed by atoms with van der Waals surface area (Å²) in [6.07, 6.45) is -10.9. The van der Waals surface area contributed by atoms with E-state index in [9.17, 15) is 35.8 Å². The lowest BCUT2D eigenvalue weighted by molar-refractivity contribution is -0.138. The summed E-state index contributed by atoms with van der Waals surface area (Å²) in [5, 5.41) is 9.30. The predicted octanol–water partition coefficient (Wildman–Crippen LogP) is 4.98. The van der Waals surface area contributed by atoms with E-state index in [4.69, 9.17) is 4.74 Å². The van der Waals surface area contributed by atoms with Gasteiger partial charge in [0.05, 0.1) is 17.7 Å². The van der Waals surface area contributed by atoms with Crippen LogP contribution < -0.4 is 4.74 Å². The molecule has 0 heterocycles. The lowest BCUT2D eigenvalue weighted by Crippen LogP contribution is -2.15. The summed E-state index contributed by atoms with van der Waals surface area (Å²) in [5.41, 5.74) is -2.38. The third-order valence-corrected chi connectivity index (χ3v) is 3.28. The molecule has 0 fully saturated rings. The second kappa shape index (κ2) is 6.91. The third-order valence-electron chi connectivity index (χ3n) is 3.28. The zero-order valence-electron chi connectivity index (χ0n) is 12.3. The van der Waals surface area contributed by atoms with Crippen LogP contribution in [0.3, 0.4) is 0 Å². The SMILES string of the molecule is OCC(Oc1cc(C(F)(F)F)ccc1F)c1cccc(C(F)(F)F)c1. The maximum Gasteiger partial charge on any atom is 0.416 e. The van der Waals surface area contributed by atoms with Crippen molar-refractivity contribution in [3.8, 4) is 5.75 Å². The minimum absolute atomic E-state index is 0.158. The standard InChI is InChI=1S/C16H11F7O2/c17-12-5-4-11(16(21,22)23)7-13(12)25-14(8-24)9-2-1-3-10(6-9)15(18,19)20/h1-7,14,24H,8H2. The molecule has 1 N–H and O–H groups in total. The Labute approximate surface area is 137 Å². The van der Waals surface area contributed by atoms with Crippen LogP contribution in [0.1, 0.15) is 22.8 Å². The van der Waals surface area contributed by atoms with Gasteiger partial charge >= 0.3 is 12.4 Å². The van der Waals surface area contributed by atoms with Crippen molar-refractivity contribution in [1.82, 2.24) is 0 Å². The van der Waals surface area contributed by atoms with E-state index in [0.717, 1.165) is 12.1 Å². The first-order chi connectivity index (χ1) is 11.5. The smallest absolute Gasteiger partial charge is 0.416 e. The van der Waals surface area contributed by atoms with Gasteiger partial charge in [0.25, 0.3) is 0 Å². The molecule has 9 heteroatoms. The van der Waals surface area contributed by atoms with E-state index in [1.165, 1.54) is 6.07 Å². The summed E-state index contributed by atoms with van der Waals surface area (Å²) in [4.78, 5) is 0. The van der Waals surface area contributed by atoms with Gasteiger partial charge < -0.3 is 9.84 Å². The number of hydrogen-bond donors (Lipinski definition) is 1. The molecule has 2 aromatic carbocycles. The van der Waals surface area contributed by atoms with E-state index in [-0.39, 0.29) is 5.56 Å². The summed E-state index contributed by atoms with van der Waals surface area (Å²) in [7, 11) is 0. The zero-order valence-corrected chi connectivity index (χ0v) is 12.3. The van der Waals surface area contributed by atoms with E-state index in [1.807, 2.05) is 0 Å². The quantitative estimate of drug-likeness (QED) is 0.772. The Bertz CT molecular complexity index is 738. The van der Waals surface area contributed by atoms with Crippen molar-refractivity contribution in [2.45, 2.75) is 18.5 Å². The molecule has 25 heavy (non-hydrogen) atoms. The number of ether oxygens (including phenoxy) is 1. The highest BCUT2D eigenvalue weighted by Crippen LogP contribution is 2.35. The number of aliphatic hydroxyl groups is 1. The van der Waals surface area contributed by atoms with Gasteiger partial charge in [-0.15, -0.1) is 0 Å². The Balaban J connectivity index is 2.35. The Morgan fingerprint density at radius 2 is 1.48 bits per heavy atom. The van der Waals surface area contributed by atoms with Crippen molar-refractivity contribution in [2.24, 2.45) is 0 Å². The molecule has 0 spiro atoms. The second-order valence-corrected chi connectivity index (χ2v) is 5.06. The molecule has 2 rings (SSSR count). The summed E-state index contributed by atoms with van der Waals surface area (Å²) >= 11 is 0. The minimum Gasteiger partial charge on any atom is -0.480 e. The largest absolute Gasteiger partial charge is 0.480 e. The molecule has 0 bridgehead atoms. The fourth-order valence-corrected chi connectivity index (χ4v) is 2.05. The maximum atomic E-state index is 13.7. The fraction of sp³-hybridized carbons (Fsp3) is 0.250. The van der Waals surface area contributed by atoms with Gasteiger partial charge in [0.15, 0.2) is 11.6 Å². The Hall–Kier alpha value is -2.29. The van der Waals surface area contributed by atoms with Crippen molar-refractivity contribution in [2.75, 3.05) is 6.61 Å². The highest BCUT2D eigenvalue weighted by atomic mass is 19.4. The first-order valence-electron chi connectivity index (χ1n) is 6.84. The first kappa shape index (κ1) is 19.0.